The van der Waals surface area contributed by atoms with Crippen molar-refractivity contribution in [1.82, 2.24) is 0 Å². The van der Waals surface area contributed by atoms with E-state index in [1.807, 2.05) is 0 Å². The van der Waals surface area contributed by atoms with Crippen LogP contribution in [0.4, 0.5) is 11.4 Å². The van der Waals surface area contributed by atoms with Crippen molar-refractivity contribution in [2.75, 3.05) is 36.0 Å². The van der Waals surface area contributed by atoms with Crippen molar-refractivity contribution in [2.24, 2.45) is 0 Å². The van der Waals surface area contributed by atoms with Crippen molar-refractivity contribution in [3.8, 4) is 0 Å². The maximum absolute atomic E-state index is 11.6. The van der Waals surface area contributed by atoms with Crippen molar-refractivity contribution in [3.05, 3.63) is 24.3 Å². The molecule has 2 aliphatic rings. The minimum atomic E-state index is -0.628. The number of para-hydroxylation sites is 2. The number of hydrogen-bond donors (Lipinski definition) is 0. The summed E-state index contributed by atoms with van der Waals surface area (Å²) in [6.07, 6.45) is 0.0844. The molecule has 3 rings (SSSR count). The summed E-state index contributed by atoms with van der Waals surface area (Å²) in [6.45, 7) is 0.128. The second-order valence-corrected chi connectivity index (χ2v) is 5.21. The molecule has 2 saturated heterocycles. The van der Waals surface area contributed by atoms with Gasteiger partial charge in [0, 0.05) is 6.54 Å². The third-order valence-corrected chi connectivity index (χ3v) is 3.56. The van der Waals surface area contributed by atoms with Crippen LogP contribution >= 0.6 is 0 Å². The molecular formula is C15H14N2O6. The molecule has 2 aliphatic heterocycles. The smallest absolute Gasteiger partial charge is 0.333 e. The van der Waals surface area contributed by atoms with Gasteiger partial charge in [-0.1, -0.05) is 12.1 Å². The minimum absolute atomic E-state index is 0.0556. The van der Waals surface area contributed by atoms with Crippen molar-refractivity contribution in [3.63, 3.8) is 0 Å². The lowest BCUT2D eigenvalue weighted by Gasteiger charge is -2.31. The molecule has 0 aliphatic carbocycles. The Morgan fingerprint density at radius 2 is 1.17 bits per heavy atom. The van der Waals surface area contributed by atoms with E-state index in [4.69, 9.17) is 0 Å². The van der Waals surface area contributed by atoms with Gasteiger partial charge in [-0.3, -0.25) is 4.79 Å². The number of carbonyl (C=O) groups excluding carboxylic acids is 4. The van der Waals surface area contributed by atoms with E-state index in [-0.39, 0.29) is 26.1 Å². The first kappa shape index (κ1) is 15.0. The van der Waals surface area contributed by atoms with Crippen molar-refractivity contribution in [1.29, 1.82) is 0 Å². The Hall–Kier alpha value is -2.90. The zero-order valence-electron chi connectivity index (χ0n) is 12.2. The number of carbonyl (C=O) groups is 4. The molecule has 1 aromatic carbocycles. The summed E-state index contributed by atoms with van der Waals surface area (Å²) in [6, 6.07) is 7.06. The van der Waals surface area contributed by atoms with Gasteiger partial charge in [0.15, 0.2) is 0 Å². The third-order valence-electron chi connectivity index (χ3n) is 3.56. The quantitative estimate of drug-likeness (QED) is 0.549. The van der Waals surface area contributed by atoms with Crippen molar-refractivity contribution >= 4 is 35.3 Å². The van der Waals surface area contributed by atoms with E-state index in [0.29, 0.717) is 17.9 Å². The van der Waals surface area contributed by atoms with Crippen LogP contribution in [0.15, 0.2) is 24.3 Å². The number of anilines is 2. The maximum Gasteiger partial charge on any atom is 0.333 e. The summed E-state index contributed by atoms with van der Waals surface area (Å²) < 4.78 is 9.14. The summed E-state index contributed by atoms with van der Waals surface area (Å²) in [7, 11) is 0. The Bertz CT molecular complexity index is 670. The molecule has 8 nitrogen and oxygen atoms in total. The highest BCUT2D eigenvalue weighted by molar-refractivity contribution is 5.96. The predicted molar refractivity (Wildman–Crippen MR) is 77.7 cm³/mol. The molecule has 0 amide bonds. The van der Waals surface area contributed by atoms with Gasteiger partial charge in [-0.25, -0.2) is 14.4 Å². The molecular weight excluding hydrogens is 304 g/mol. The first-order chi connectivity index (χ1) is 11.0. The average molecular weight is 318 g/mol. The molecule has 1 aromatic rings. The largest absolute Gasteiger partial charge is 0.392 e. The Morgan fingerprint density at radius 3 is 1.78 bits per heavy atom. The van der Waals surface area contributed by atoms with Gasteiger partial charge in [-0.05, 0) is 12.1 Å². The molecule has 0 saturated carbocycles. The highest BCUT2D eigenvalue weighted by Crippen LogP contribution is 2.30. The number of ether oxygens (including phenoxy) is 2. The summed E-state index contributed by atoms with van der Waals surface area (Å²) >= 11 is 0. The average Bonchev–Trinajstić information content (AvgIpc) is 2.67. The fraction of sp³-hybridized carbons (Fsp3) is 0.333. The van der Waals surface area contributed by atoms with E-state index < -0.39 is 23.9 Å². The number of benzene rings is 1. The van der Waals surface area contributed by atoms with Gasteiger partial charge >= 0.3 is 23.9 Å². The monoisotopic (exact) mass is 318 g/mol. The Balaban J connectivity index is 1.91. The van der Waals surface area contributed by atoms with E-state index in [9.17, 15) is 19.2 Å². The van der Waals surface area contributed by atoms with Crippen LogP contribution < -0.4 is 9.80 Å². The lowest BCUT2D eigenvalue weighted by atomic mass is 10.2. The lowest BCUT2D eigenvalue weighted by molar-refractivity contribution is -0.161. The first-order valence-electron chi connectivity index (χ1n) is 7.09. The Morgan fingerprint density at radius 1 is 0.696 bits per heavy atom. The van der Waals surface area contributed by atoms with Gasteiger partial charge in [-0.15, -0.1) is 0 Å². The number of rotatable bonds is 2. The van der Waals surface area contributed by atoms with Crippen LogP contribution in [0.3, 0.4) is 0 Å². The van der Waals surface area contributed by atoms with Crippen LogP contribution in [0, 0.1) is 0 Å². The zero-order valence-corrected chi connectivity index (χ0v) is 12.2. The molecule has 2 fully saturated rings. The normalized spacial score (nSPS) is 19.3. The summed E-state index contributed by atoms with van der Waals surface area (Å²) in [5, 5.41) is 0. The standard InChI is InChI=1S/C15H14N2O6/c18-12-5-6-16(7-13(19)22-12)10-3-1-2-4-11(10)17-8-14(20)23-15(21)9-17/h1-4H,5-9H2. The highest BCUT2D eigenvalue weighted by Gasteiger charge is 2.29. The number of hydrogen-bond acceptors (Lipinski definition) is 8. The van der Waals surface area contributed by atoms with Crippen molar-refractivity contribution < 1.29 is 28.7 Å². The van der Waals surface area contributed by atoms with Crippen LogP contribution in [0.25, 0.3) is 0 Å². The molecule has 0 bridgehead atoms. The van der Waals surface area contributed by atoms with Gasteiger partial charge in [0.25, 0.3) is 0 Å². The molecule has 0 radical (unpaired) electrons. The van der Waals surface area contributed by atoms with Crippen LogP contribution in [0.1, 0.15) is 6.42 Å². The van der Waals surface area contributed by atoms with Crippen LogP contribution in [0.5, 0.6) is 0 Å². The van der Waals surface area contributed by atoms with Crippen molar-refractivity contribution in [2.45, 2.75) is 6.42 Å². The molecule has 23 heavy (non-hydrogen) atoms. The summed E-state index contributed by atoms with van der Waals surface area (Å²) in [5.41, 5.74) is 1.28. The number of nitrogens with zero attached hydrogens (tertiary/aromatic N) is 2. The van der Waals surface area contributed by atoms with Gasteiger partial charge in [-0.2, -0.15) is 0 Å². The van der Waals surface area contributed by atoms with Crippen LogP contribution in [0.2, 0.25) is 0 Å². The second-order valence-electron chi connectivity index (χ2n) is 5.21. The number of morpholine rings is 1. The maximum atomic E-state index is 11.6. The van der Waals surface area contributed by atoms with E-state index in [1.165, 1.54) is 0 Å². The third kappa shape index (κ3) is 3.31. The van der Waals surface area contributed by atoms with E-state index in [0.717, 1.165) is 0 Å². The van der Waals surface area contributed by atoms with Gasteiger partial charge in [0.2, 0.25) is 0 Å². The molecule has 120 valence electrons. The fourth-order valence-electron chi connectivity index (χ4n) is 2.61. The SMILES string of the molecule is O=C1CCN(c2ccccc2N2CC(=O)OC(=O)C2)CC(=O)O1. The van der Waals surface area contributed by atoms with E-state index >= 15 is 0 Å². The van der Waals surface area contributed by atoms with Gasteiger partial charge in [0.1, 0.15) is 19.6 Å². The summed E-state index contributed by atoms with van der Waals surface area (Å²) in [4.78, 5) is 49.2. The fourth-order valence-corrected chi connectivity index (χ4v) is 2.61. The molecule has 0 N–H and O–H groups in total. The Kier molecular flexibility index (Phi) is 3.96. The molecule has 0 atom stereocenters. The minimum Gasteiger partial charge on any atom is -0.392 e. The zero-order chi connectivity index (χ0) is 16.4. The topological polar surface area (TPSA) is 93.2 Å². The van der Waals surface area contributed by atoms with E-state index in [1.54, 1.807) is 34.1 Å². The van der Waals surface area contributed by atoms with E-state index in [2.05, 4.69) is 9.47 Å². The predicted octanol–water partition coefficient (Wildman–Crippen LogP) is -0.144. The lowest BCUT2D eigenvalue weighted by Crippen LogP contribution is -2.43. The van der Waals surface area contributed by atoms with Gasteiger partial charge < -0.3 is 19.3 Å². The molecule has 0 spiro atoms. The number of cyclic esters (lactones) is 4. The highest BCUT2D eigenvalue weighted by atomic mass is 16.6. The van der Waals surface area contributed by atoms with Gasteiger partial charge in [0.05, 0.1) is 17.8 Å². The summed E-state index contributed by atoms with van der Waals surface area (Å²) in [5.74, 6) is -2.44. The van der Waals surface area contributed by atoms with Crippen LogP contribution in [-0.2, 0) is 28.7 Å². The molecule has 0 aromatic heterocycles. The molecule has 0 unspecified atom stereocenters. The molecule has 8 heteroatoms. The Labute approximate surface area is 131 Å². The number of esters is 4. The first-order valence-corrected chi connectivity index (χ1v) is 7.09. The van der Waals surface area contributed by atoms with Crippen LogP contribution in [-0.4, -0.2) is 50.1 Å². The molecule has 2 heterocycles. The second kappa shape index (κ2) is 6.07.